The molecule has 10 heteroatoms. The van der Waals surface area contributed by atoms with E-state index in [2.05, 4.69) is 10.6 Å². The van der Waals surface area contributed by atoms with E-state index in [0.29, 0.717) is 5.56 Å². The number of amides is 3. The molecule has 0 spiro atoms. The number of carbonyl (C=O) groups excluding carboxylic acids is 3. The van der Waals surface area contributed by atoms with Crippen molar-refractivity contribution in [3.05, 3.63) is 71.0 Å². The first-order valence-electron chi connectivity index (χ1n) is 9.23. The van der Waals surface area contributed by atoms with Gasteiger partial charge in [0, 0.05) is 19.8 Å². The van der Waals surface area contributed by atoms with Crippen LogP contribution in [0, 0.1) is 5.82 Å². The SMILES string of the molecule is CC(=O)N[C@@H](Cc1ccc(F)cc1)C(=O)N[C@@H](Cc1ccccc1C(F)(F)F)C(N)=O. The number of benzene rings is 2. The number of hydrogen-bond acceptors (Lipinski definition) is 3. The maximum atomic E-state index is 13.2. The molecule has 0 aliphatic heterocycles. The fraction of sp³-hybridized carbons (Fsp3) is 0.286. The number of rotatable bonds is 8. The predicted molar refractivity (Wildman–Crippen MR) is 104 cm³/mol. The zero-order chi connectivity index (χ0) is 23.2. The van der Waals surface area contributed by atoms with Gasteiger partial charge in [-0.3, -0.25) is 14.4 Å². The van der Waals surface area contributed by atoms with E-state index in [1.165, 1.54) is 49.4 Å². The monoisotopic (exact) mass is 439 g/mol. The van der Waals surface area contributed by atoms with Crippen molar-refractivity contribution in [2.45, 2.75) is 38.0 Å². The standard InChI is InChI=1S/C21H21F4N3O3/c1-12(29)27-18(10-13-6-8-15(22)9-7-13)20(31)28-17(19(26)30)11-14-4-2-3-5-16(14)21(23,24)25/h2-9,17-18H,10-11H2,1H3,(H2,26,30)(H,27,29)(H,28,31)/t17-,18-/m0/s1. The van der Waals surface area contributed by atoms with Gasteiger partial charge >= 0.3 is 6.18 Å². The number of alkyl halides is 3. The minimum atomic E-state index is -4.65. The fourth-order valence-electron chi connectivity index (χ4n) is 3.00. The number of primary amides is 1. The van der Waals surface area contributed by atoms with Crippen molar-refractivity contribution in [2.75, 3.05) is 0 Å². The Bertz CT molecular complexity index is 946. The maximum Gasteiger partial charge on any atom is 0.416 e. The number of nitrogens with one attached hydrogen (secondary N) is 2. The Morgan fingerprint density at radius 2 is 1.55 bits per heavy atom. The van der Waals surface area contributed by atoms with Crippen LogP contribution in [-0.2, 0) is 33.4 Å². The smallest absolute Gasteiger partial charge is 0.368 e. The van der Waals surface area contributed by atoms with Crippen LogP contribution in [0.25, 0.3) is 0 Å². The molecule has 6 nitrogen and oxygen atoms in total. The van der Waals surface area contributed by atoms with Gasteiger partial charge in [-0.2, -0.15) is 13.2 Å². The molecule has 2 atom stereocenters. The van der Waals surface area contributed by atoms with Crippen LogP contribution in [0.2, 0.25) is 0 Å². The molecule has 4 N–H and O–H groups in total. The lowest BCUT2D eigenvalue weighted by atomic mass is 9.98. The molecule has 0 bridgehead atoms. The Labute approximate surface area is 175 Å². The third-order valence-corrected chi connectivity index (χ3v) is 4.45. The summed E-state index contributed by atoms with van der Waals surface area (Å²) < 4.78 is 52.8. The van der Waals surface area contributed by atoms with Gasteiger partial charge in [-0.05, 0) is 29.3 Å². The highest BCUT2D eigenvalue weighted by Gasteiger charge is 2.34. The first-order valence-corrected chi connectivity index (χ1v) is 9.23. The predicted octanol–water partition coefficient (Wildman–Crippen LogP) is 2.10. The van der Waals surface area contributed by atoms with Gasteiger partial charge in [-0.1, -0.05) is 30.3 Å². The lowest BCUT2D eigenvalue weighted by Crippen LogP contribution is -2.54. The Morgan fingerprint density at radius 1 is 0.935 bits per heavy atom. The van der Waals surface area contributed by atoms with E-state index >= 15 is 0 Å². The summed E-state index contributed by atoms with van der Waals surface area (Å²) in [6, 6.07) is 7.24. The molecule has 166 valence electrons. The van der Waals surface area contributed by atoms with Gasteiger partial charge in [0.2, 0.25) is 17.7 Å². The molecule has 0 heterocycles. The Hall–Kier alpha value is -3.43. The molecule has 2 rings (SSSR count). The van der Waals surface area contributed by atoms with Crippen molar-refractivity contribution in [1.29, 1.82) is 0 Å². The number of nitrogens with two attached hydrogens (primary N) is 1. The molecule has 0 fully saturated rings. The summed E-state index contributed by atoms with van der Waals surface area (Å²) in [7, 11) is 0. The normalized spacial score (nSPS) is 13.2. The van der Waals surface area contributed by atoms with Gasteiger partial charge < -0.3 is 16.4 Å². The zero-order valence-electron chi connectivity index (χ0n) is 16.5. The summed E-state index contributed by atoms with van der Waals surface area (Å²) in [4.78, 5) is 36.0. The second-order valence-electron chi connectivity index (χ2n) is 6.91. The first kappa shape index (κ1) is 23.8. The average Bonchev–Trinajstić information content (AvgIpc) is 2.67. The quantitative estimate of drug-likeness (QED) is 0.549. The Balaban J connectivity index is 2.21. The third kappa shape index (κ3) is 7.09. The molecule has 0 aliphatic rings. The molecule has 0 aromatic heterocycles. The second-order valence-corrected chi connectivity index (χ2v) is 6.91. The first-order chi connectivity index (χ1) is 14.5. The zero-order valence-corrected chi connectivity index (χ0v) is 16.5. The number of carbonyl (C=O) groups is 3. The molecule has 0 saturated carbocycles. The van der Waals surface area contributed by atoms with Crippen molar-refractivity contribution in [1.82, 2.24) is 10.6 Å². The molecule has 0 aliphatic carbocycles. The lowest BCUT2D eigenvalue weighted by molar-refractivity contribution is -0.138. The summed E-state index contributed by atoms with van der Waals surface area (Å²) in [6.45, 7) is 1.18. The van der Waals surface area contributed by atoms with E-state index in [1.807, 2.05) is 0 Å². The maximum absolute atomic E-state index is 13.2. The minimum absolute atomic E-state index is 0.0314. The van der Waals surface area contributed by atoms with E-state index in [4.69, 9.17) is 5.73 Å². The summed E-state index contributed by atoms with van der Waals surface area (Å²) >= 11 is 0. The van der Waals surface area contributed by atoms with E-state index < -0.39 is 53.8 Å². The molecule has 0 radical (unpaired) electrons. The van der Waals surface area contributed by atoms with E-state index in [9.17, 15) is 31.9 Å². The van der Waals surface area contributed by atoms with Crippen LogP contribution in [0.1, 0.15) is 23.6 Å². The molecule has 3 amide bonds. The highest BCUT2D eigenvalue weighted by molar-refractivity contribution is 5.91. The summed E-state index contributed by atoms with van der Waals surface area (Å²) in [6.07, 6.45) is -5.17. The molecule has 2 aromatic rings. The van der Waals surface area contributed by atoms with Gasteiger partial charge in [-0.25, -0.2) is 4.39 Å². The van der Waals surface area contributed by atoms with Crippen LogP contribution in [0.5, 0.6) is 0 Å². The van der Waals surface area contributed by atoms with Gasteiger partial charge in [0.25, 0.3) is 0 Å². The summed E-state index contributed by atoms with van der Waals surface area (Å²) in [5, 5.41) is 4.72. The van der Waals surface area contributed by atoms with Gasteiger partial charge in [0.05, 0.1) is 5.56 Å². The van der Waals surface area contributed by atoms with Crippen LogP contribution < -0.4 is 16.4 Å². The van der Waals surface area contributed by atoms with Crippen molar-refractivity contribution in [2.24, 2.45) is 5.73 Å². The van der Waals surface area contributed by atoms with E-state index in [0.717, 1.165) is 6.07 Å². The lowest BCUT2D eigenvalue weighted by Gasteiger charge is -2.23. The summed E-state index contributed by atoms with van der Waals surface area (Å²) in [5.74, 6) is -2.87. The number of hydrogen-bond donors (Lipinski definition) is 3. The topological polar surface area (TPSA) is 101 Å². The van der Waals surface area contributed by atoms with Crippen LogP contribution in [0.15, 0.2) is 48.5 Å². The highest BCUT2D eigenvalue weighted by Crippen LogP contribution is 2.32. The average molecular weight is 439 g/mol. The Kier molecular flexibility index (Phi) is 7.73. The van der Waals surface area contributed by atoms with Crippen LogP contribution in [0.4, 0.5) is 17.6 Å². The van der Waals surface area contributed by atoms with Crippen molar-refractivity contribution >= 4 is 17.7 Å². The molecule has 0 saturated heterocycles. The van der Waals surface area contributed by atoms with Crippen LogP contribution in [0.3, 0.4) is 0 Å². The van der Waals surface area contributed by atoms with Crippen molar-refractivity contribution in [3.8, 4) is 0 Å². The molecular weight excluding hydrogens is 418 g/mol. The van der Waals surface area contributed by atoms with Crippen LogP contribution >= 0.6 is 0 Å². The second kappa shape index (κ2) is 10.1. The van der Waals surface area contributed by atoms with Gasteiger partial charge in [0.15, 0.2) is 0 Å². The van der Waals surface area contributed by atoms with Gasteiger partial charge in [-0.15, -0.1) is 0 Å². The van der Waals surface area contributed by atoms with Crippen LogP contribution in [-0.4, -0.2) is 29.8 Å². The molecular formula is C21H21F4N3O3. The number of halogens is 4. The van der Waals surface area contributed by atoms with E-state index in [1.54, 1.807) is 0 Å². The Morgan fingerprint density at radius 3 is 2.10 bits per heavy atom. The van der Waals surface area contributed by atoms with E-state index in [-0.39, 0.29) is 12.0 Å². The van der Waals surface area contributed by atoms with Gasteiger partial charge in [0.1, 0.15) is 17.9 Å². The fourth-order valence-corrected chi connectivity index (χ4v) is 3.00. The highest BCUT2D eigenvalue weighted by atomic mass is 19.4. The third-order valence-electron chi connectivity index (χ3n) is 4.45. The molecule has 31 heavy (non-hydrogen) atoms. The molecule has 2 aromatic carbocycles. The summed E-state index contributed by atoms with van der Waals surface area (Å²) in [5.41, 5.74) is 4.66. The van der Waals surface area contributed by atoms with Crippen molar-refractivity contribution in [3.63, 3.8) is 0 Å². The minimum Gasteiger partial charge on any atom is -0.368 e. The van der Waals surface area contributed by atoms with Crippen molar-refractivity contribution < 1.29 is 31.9 Å². The molecule has 0 unspecified atom stereocenters. The largest absolute Gasteiger partial charge is 0.416 e.